The molecule has 2 heterocycles. The lowest BCUT2D eigenvalue weighted by molar-refractivity contribution is 0.0987. The Labute approximate surface area is 224 Å². The summed E-state index contributed by atoms with van der Waals surface area (Å²) in [4.78, 5) is 48.7. The minimum absolute atomic E-state index is 0.0114. The summed E-state index contributed by atoms with van der Waals surface area (Å²) in [5.74, 6) is -2.77. The van der Waals surface area contributed by atoms with E-state index in [4.69, 9.17) is 26.8 Å². The van der Waals surface area contributed by atoms with Gasteiger partial charge in [0, 0.05) is 30.6 Å². The Morgan fingerprint density at radius 1 is 1.05 bits per heavy atom. The van der Waals surface area contributed by atoms with Crippen molar-refractivity contribution in [2.75, 3.05) is 12.1 Å². The highest BCUT2D eigenvalue weighted by Gasteiger charge is 2.23. The number of anilines is 1. The zero-order chi connectivity index (χ0) is 28.3. The Balaban J connectivity index is 1.65. The van der Waals surface area contributed by atoms with Crippen LogP contribution in [0.5, 0.6) is 17.2 Å². The van der Waals surface area contributed by atoms with Gasteiger partial charge in [0.15, 0.2) is 29.4 Å². The number of ketones is 1. The summed E-state index contributed by atoms with van der Waals surface area (Å²) < 4.78 is 51.1. The van der Waals surface area contributed by atoms with Crippen LogP contribution in [0.2, 0.25) is 5.02 Å². The second-order valence-corrected chi connectivity index (χ2v) is 10.1. The minimum atomic E-state index is -4.65. The van der Waals surface area contributed by atoms with E-state index in [2.05, 4.69) is 4.98 Å². The number of pyridine rings is 2. The van der Waals surface area contributed by atoms with Crippen LogP contribution in [0.4, 0.5) is 14.6 Å². The number of nitrogen functional groups attached to an aromatic ring is 1. The molecule has 0 saturated carbocycles. The normalized spacial score (nSPS) is 11.3. The highest BCUT2D eigenvalue weighted by atomic mass is 35.5. The lowest BCUT2D eigenvalue weighted by Crippen LogP contribution is -2.27. The van der Waals surface area contributed by atoms with Gasteiger partial charge in [0.1, 0.15) is 28.0 Å². The van der Waals surface area contributed by atoms with Crippen LogP contribution >= 0.6 is 19.2 Å². The molecule has 0 bridgehead atoms. The maximum Gasteiger partial charge on any atom is 0.362 e. The number of nitrogens with two attached hydrogens (primary N) is 1. The fourth-order valence-corrected chi connectivity index (χ4v) is 3.96. The van der Waals surface area contributed by atoms with Gasteiger partial charge >= 0.3 is 7.60 Å². The lowest BCUT2D eigenvalue weighted by atomic mass is 10.0. The molecule has 0 amide bonds. The minimum Gasteiger partial charge on any atom is -0.480 e. The van der Waals surface area contributed by atoms with Crippen molar-refractivity contribution in [1.29, 1.82) is 0 Å². The van der Waals surface area contributed by atoms with Crippen LogP contribution < -0.4 is 20.8 Å². The fourth-order valence-electron chi connectivity index (χ4n) is 3.50. The van der Waals surface area contributed by atoms with Gasteiger partial charge in [-0.1, -0.05) is 17.7 Å². The smallest absolute Gasteiger partial charge is 0.362 e. The first kappa shape index (κ1) is 27.9. The van der Waals surface area contributed by atoms with Crippen LogP contribution in [0, 0.1) is 11.6 Å². The number of aromatic nitrogens is 2. The number of Topliss-reactive ketones (excluding diaryl/α,β-unsaturated/α-hetero) is 1. The summed E-state index contributed by atoms with van der Waals surface area (Å²) in [5, 5.41) is -0.0134. The molecule has 0 saturated heterocycles. The average Bonchev–Trinajstić information content (AvgIpc) is 2.87. The summed E-state index contributed by atoms with van der Waals surface area (Å²) in [5.41, 5.74) is 4.58. The van der Waals surface area contributed by atoms with Crippen LogP contribution in [-0.4, -0.2) is 31.5 Å². The highest BCUT2D eigenvalue weighted by molar-refractivity contribution is 7.51. The topological polar surface area (TPSA) is 154 Å². The Bertz CT molecular complexity index is 1660. The van der Waals surface area contributed by atoms with Crippen molar-refractivity contribution in [3.63, 3.8) is 0 Å². The lowest BCUT2D eigenvalue weighted by Gasteiger charge is -2.14. The summed E-state index contributed by atoms with van der Waals surface area (Å²) in [6.07, 6.45) is 0.974. The van der Waals surface area contributed by atoms with E-state index in [1.165, 1.54) is 48.8 Å². The maximum absolute atomic E-state index is 14.8. The monoisotopic (exact) mass is 577 g/mol. The van der Waals surface area contributed by atoms with Gasteiger partial charge in [-0.15, -0.1) is 0 Å². The number of nitrogens with zero attached hydrogens (tertiary/aromatic N) is 2. The van der Waals surface area contributed by atoms with E-state index >= 15 is 0 Å². The molecular weight excluding hydrogens is 559 g/mol. The summed E-state index contributed by atoms with van der Waals surface area (Å²) in [6, 6.07) is 11.0. The molecule has 0 aliphatic heterocycles. The van der Waals surface area contributed by atoms with E-state index in [1.54, 1.807) is 0 Å². The average molecular weight is 578 g/mol. The molecule has 0 unspecified atom stereocenters. The predicted octanol–water partition coefficient (Wildman–Crippen LogP) is 4.48. The van der Waals surface area contributed by atoms with E-state index in [1.807, 2.05) is 0 Å². The van der Waals surface area contributed by atoms with Crippen molar-refractivity contribution in [3.8, 4) is 22.9 Å². The second kappa shape index (κ2) is 11.3. The number of ether oxygens (including phenoxy) is 2. The second-order valence-electron chi connectivity index (χ2n) is 8.12. The van der Waals surface area contributed by atoms with Crippen LogP contribution in [-0.2, 0) is 11.0 Å². The molecule has 0 atom stereocenters. The zero-order valence-corrected chi connectivity index (χ0v) is 21.4. The van der Waals surface area contributed by atoms with Crippen molar-refractivity contribution in [1.82, 2.24) is 9.55 Å². The Kier molecular flexibility index (Phi) is 8.12. The van der Waals surface area contributed by atoms with E-state index in [0.717, 1.165) is 22.8 Å². The number of rotatable bonds is 9. The van der Waals surface area contributed by atoms with Crippen molar-refractivity contribution in [2.45, 2.75) is 6.42 Å². The van der Waals surface area contributed by atoms with Crippen molar-refractivity contribution in [2.24, 2.45) is 0 Å². The maximum atomic E-state index is 14.8. The highest BCUT2D eigenvalue weighted by Crippen LogP contribution is 2.36. The Hall–Kier alpha value is -4.09. The van der Waals surface area contributed by atoms with Crippen molar-refractivity contribution in [3.05, 3.63) is 105 Å². The van der Waals surface area contributed by atoms with Gasteiger partial charge in [-0.2, -0.15) is 0 Å². The van der Waals surface area contributed by atoms with E-state index in [0.29, 0.717) is 0 Å². The number of halogens is 3. The molecule has 0 fully saturated rings. The van der Waals surface area contributed by atoms with Crippen LogP contribution in [0.25, 0.3) is 5.69 Å². The van der Waals surface area contributed by atoms with E-state index in [9.17, 15) is 32.7 Å². The largest absolute Gasteiger partial charge is 0.480 e. The van der Waals surface area contributed by atoms with E-state index < -0.39 is 48.9 Å². The van der Waals surface area contributed by atoms with E-state index in [-0.39, 0.29) is 39.3 Å². The molecule has 0 radical (unpaired) electrons. The Morgan fingerprint density at radius 3 is 2.44 bits per heavy atom. The molecule has 0 aliphatic rings. The first-order valence-electron chi connectivity index (χ1n) is 11.0. The molecule has 10 nitrogen and oxygen atoms in total. The quantitative estimate of drug-likeness (QED) is 0.193. The zero-order valence-electron chi connectivity index (χ0n) is 19.8. The molecule has 4 aromatic rings. The molecule has 2 aromatic carbocycles. The van der Waals surface area contributed by atoms with Gasteiger partial charge < -0.3 is 25.0 Å². The molecule has 4 rings (SSSR count). The van der Waals surface area contributed by atoms with Gasteiger partial charge in [-0.05, 0) is 48.0 Å². The van der Waals surface area contributed by atoms with Gasteiger partial charge in [-0.25, -0.2) is 13.8 Å². The molecule has 4 N–H and O–H groups in total. The summed E-state index contributed by atoms with van der Waals surface area (Å²) >= 11 is 6.02. The molecule has 0 spiro atoms. The number of hydrogen-bond donors (Lipinski definition) is 3. The molecule has 39 heavy (non-hydrogen) atoms. The van der Waals surface area contributed by atoms with Crippen molar-refractivity contribution < 1.29 is 37.4 Å². The van der Waals surface area contributed by atoms with Gasteiger partial charge in [0.05, 0.1) is 0 Å². The van der Waals surface area contributed by atoms with Crippen LogP contribution in [0.15, 0.2) is 71.8 Å². The molecule has 14 heteroatoms. The summed E-state index contributed by atoms with van der Waals surface area (Å²) in [6.45, 7) is 0. The van der Waals surface area contributed by atoms with Gasteiger partial charge in [-0.3, -0.25) is 18.7 Å². The number of benzene rings is 2. The number of carbonyl (C=O) groups is 1. The fraction of sp³-hybridized carbons (Fsp3) is 0.0800. The first-order chi connectivity index (χ1) is 18.4. The van der Waals surface area contributed by atoms with Crippen LogP contribution in [0.3, 0.4) is 0 Å². The molecule has 0 aliphatic carbocycles. The standard InChI is InChI=1S/C25H19ClF2N3O7P/c26-23-21(7-9-30-24(23)29)38-19-6-1-14(11-17(19)28)12-18(32)22-20(37-13-39(34,35)36)8-10-31(25(22)33)16-4-2-15(27)3-5-16/h1-11H,12-13H2,(H2,29,30)(H2,34,35,36). The first-order valence-corrected chi connectivity index (χ1v) is 13.2. The SMILES string of the molecule is Nc1nccc(Oc2ccc(CC(=O)c3c(OCP(=O)(O)O)ccn(-c4ccc(F)cc4)c3=O)cc2F)c1Cl. The molecule has 202 valence electrons. The number of carbonyl (C=O) groups excluding carboxylic acids is 1. The Morgan fingerprint density at radius 2 is 1.77 bits per heavy atom. The third-order valence-corrected chi connectivity index (χ3v) is 6.13. The van der Waals surface area contributed by atoms with Gasteiger partial charge in [0.2, 0.25) is 0 Å². The third-order valence-electron chi connectivity index (χ3n) is 5.29. The summed E-state index contributed by atoms with van der Waals surface area (Å²) in [7, 11) is -4.65. The third kappa shape index (κ3) is 6.68. The molecular formula is C25H19ClF2N3O7P. The predicted molar refractivity (Wildman–Crippen MR) is 138 cm³/mol. The van der Waals surface area contributed by atoms with Gasteiger partial charge in [0.25, 0.3) is 5.56 Å². The van der Waals surface area contributed by atoms with Crippen molar-refractivity contribution >= 4 is 30.8 Å². The molecule has 2 aromatic heterocycles. The van der Waals surface area contributed by atoms with Crippen LogP contribution in [0.1, 0.15) is 15.9 Å². The number of hydrogen-bond acceptors (Lipinski definition) is 7.